The Morgan fingerprint density at radius 3 is 2.38 bits per heavy atom. The van der Waals surface area contributed by atoms with Crippen LogP contribution in [-0.2, 0) is 0 Å². The minimum atomic E-state index is -0.379. The minimum Gasteiger partial charge on any atom is -0.493 e. The van der Waals surface area contributed by atoms with E-state index >= 15 is 0 Å². The topological polar surface area (TPSA) is 58.8 Å². The van der Waals surface area contributed by atoms with E-state index in [-0.39, 0.29) is 35.4 Å². The zero-order valence-corrected chi connectivity index (χ0v) is 23.9. The number of ether oxygens (including phenoxy) is 1. The first-order valence-electron chi connectivity index (χ1n) is 11.9. The summed E-state index contributed by atoms with van der Waals surface area (Å²) in [4.78, 5) is 15.8. The summed E-state index contributed by atoms with van der Waals surface area (Å²) in [6, 6.07) is 21.3. The molecule has 0 spiro atoms. The molecule has 0 amide bonds. The van der Waals surface area contributed by atoms with E-state index in [1.54, 1.807) is 12.1 Å². The van der Waals surface area contributed by atoms with Gasteiger partial charge in [-0.3, -0.25) is 15.0 Å². The second kappa shape index (κ2) is 15.0. The summed E-state index contributed by atoms with van der Waals surface area (Å²) in [6.45, 7) is 7.78. The average molecular weight is 609 g/mol. The number of non-ortho nitro benzene ring substituents is 1. The van der Waals surface area contributed by atoms with Crippen molar-refractivity contribution in [2.24, 2.45) is 0 Å². The first-order chi connectivity index (χ1) is 17.0. The summed E-state index contributed by atoms with van der Waals surface area (Å²) in [5, 5.41) is 11.3. The maximum Gasteiger partial charge on any atom is 0.270 e. The van der Waals surface area contributed by atoms with Crippen LogP contribution < -0.4 is 9.64 Å². The molecule has 37 heavy (non-hydrogen) atoms. The summed E-state index contributed by atoms with van der Waals surface area (Å²) in [7, 11) is 0. The Labute approximate surface area is 239 Å². The number of hydrogen-bond donors (Lipinski definition) is 0. The van der Waals surface area contributed by atoms with Gasteiger partial charge in [-0.2, -0.15) is 0 Å². The molecule has 4 rings (SSSR count). The molecular formula is C28H32BrCl2N3O3. The lowest BCUT2D eigenvalue weighted by Crippen LogP contribution is -2.46. The van der Waals surface area contributed by atoms with E-state index in [0.29, 0.717) is 17.9 Å². The molecule has 1 fully saturated rings. The summed E-state index contributed by atoms with van der Waals surface area (Å²) < 4.78 is 7.03. The highest BCUT2D eigenvalue weighted by Gasteiger charge is 2.17. The predicted octanol–water partition coefficient (Wildman–Crippen LogP) is 7.27. The average Bonchev–Trinajstić information content (AvgIpc) is 2.87. The summed E-state index contributed by atoms with van der Waals surface area (Å²) >= 11 is 3.54. The van der Waals surface area contributed by atoms with Crippen LogP contribution in [0.1, 0.15) is 23.1 Å². The van der Waals surface area contributed by atoms with Gasteiger partial charge in [0.1, 0.15) is 5.75 Å². The summed E-state index contributed by atoms with van der Waals surface area (Å²) in [6.07, 6.45) is 4.70. The lowest BCUT2D eigenvalue weighted by atomic mass is 10.1. The molecule has 0 bridgehead atoms. The van der Waals surface area contributed by atoms with Crippen LogP contribution in [0.3, 0.4) is 0 Å². The Balaban J connectivity index is 0.00000241. The minimum absolute atomic E-state index is 0. The quantitative estimate of drug-likeness (QED) is 0.111. The van der Waals surface area contributed by atoms with Crippen LogP contribution in [-0.4, -0.2) is 49.2 Å². The Kier molecular flexibility index (Phi) is 12.4. The van der Waals surface area contributed by atoms with Gasteiger partial charge in [-0.05, 0) is 48.7 Å². The van der Waals surface area contributed by atoms with Crippen molar-refractivity contribution in [2.75, 3.05) is 44.2 Å². The van der Waals surface area contributed by atoms with Crippen molar-refractivity contribution >= 4 is 64.3 Å². The predicted molar refractivity (Wildman–Crippen MR) is 161 cm³/mol. The number of piperazine rings is 1. The first-order valence-corrected chi connectivity index (χ1v) is 12.7. The van der Waals surface area contributed by atoms with Crippen molar-refractivity contribution in [3.8, 4) is 5.75 Å². The smallest absolute Gasteiger partial charge is 0.270 e. The van der Waals surface area contributed by atoms with E-state index < -0.39 is 0 Å². The van der Waals surface area contributed by atoms with Gasteiger partial charge in [0.25, 0.3) is 5.69 Å². The molecule has 1 saturated heterocycles. The molecule has 0 atom stereocenters. The van der Waals surface area contributed by atoms with Crippen LogP contribution in [0.2, 0.25) is 0 Å². The van der Waals surface area contributed by atoms with Crippen molar-refractivity contribution in [2.45, 2.75) is 13.3 Å². The van der Waals surface area contributed by atoms with Gasteiger partial charge in [-0.25, -0.2) is 0 Å². The van der Waals surface area contributed by atoms with E-state index in [9.17, 15) is 10.1 Å². The largest absolute Gasteiger partial charge is 0.493 e. The standard InChI is InChI=1S/C28H30BrN3O3.2ClH/c1-22-6-4-8-25(20-22)31-17-15-30(16-18-31)14-5-19-35-28-13-12-26(32(33)34)21-24(28)11-10-23-7-2-3-9-27(23)29;;/h2-4,6-13,20-21H,5,14-19H2,1H3;2*1H/b11-10+;;. The number of halogens is 3. The van der Waals surface area contributed by atoms with E-state index in [2.05, 4.69) is 56.9 Å². The Morgan fingerprint density at radius 2 is 1.68 bits per heavy atom. The molecule has 1 aliphatic heterocycles. The normalized spacial score (nSPS) is 13.6. The van der Waals surface area contributed by atoms with E-state index in [1.807, 2.05) is 36.4 Å². The van der Waals surface area contributed by atoms with Gasteiger partial charge in [-0.1, -0.05) is 58.4 Å². The van der Waals surface area contributed by atoms with Gasteiger partial charge in [0, 0.05) is 60.6 Å². The fraction of sp³-hybridized carbons (Fsp3) is 0.286. The highest BCUT2D eigenvalue weighted by molar-refractivity contribution is 9.10. The first kappa shape index (κ1) is 30.6. The number of nitro benzene ring substituents is 1. The third-order valence-corrected chi connectivity index (χ3v) is 6.89. The van der Waals surface area contributed by atoms with Gasteiger partial charge in [-0.15, -0.1) is 24.8 Å². The lowest BCUT2D eigenvalue weighted by Gasteiger charge is -2.36. The molecule has 198 valence electrons. The number of benzene rings is 3. The van der Waals surface area contributed by atoms with Gasteiger partial charge in [0.15, 0.2) is 0 Å². The van der Waals surface area contributed by atoms with Crippen LogP contribution >= 0.6 is 40.7 Å². The highest BCUT2D eigenvalue weighted by Crippen LogP contribution is 2.27. The number of aryl methyl sites for hydroxylation is 1. The lowest BCUT2D eigenvalue weighted by molar-refractivity contribution is -0.384. The van der Waals surface area contributed by atoms with Crippen molar-refractivity contribution in [3.63, 3.8) is 0 Å². The Hall–Kier alpha value is -2.58. The van der Waals surface area contributed by atoms with Gasteiger partial charge in [0.2, 0.25) is 0 Å². The second-order valence-electron chi connectivity index (χ2n) is 8.70. The molecule has 6 nitrogen and oxygen atoms in total. The number of anilines is 1. The van der Waals surface area contributed by atoms with E-state index in [0.717, 1.165) is 49.2 Å². The molecule has 0 aromatic heterocycles. The van der Waals surface area contributed by atoms with E-state index in [1.165, 1.54) is 17.3 Å². The molecule has 0 radical (unpaired) electrons. The fourth-order valence-corrected chi connectivity index (χ4v) is 4.64. The number of nitro groups is 1. The molecule has 3 aromatic carbocycles. The van der Waals surface area contributed by atoms with Crippen molar-refractivity contribution < 1.29 is 9.66 Å². The molecule has 0 saturated carbocycles. The molecule has 0 aliphatic carbocycles. The Bertz CT molecular complexity index is 1200. The van der Waals surface area contributed by atoms with Crippen LogP contribution in [0, 0.1) is 17.0 Å². The fourth-order valence-electron chi connectivity index (χ4n) is 4.23. The molecular weight excluding hydrogens is 577 g/mol. The molecule has 1 heterocycles. The van der Waals surface area contributed by atoms with E-state index in [4.69, 9.17) is 4.74 Å². The SMILES string of the molecule is Cc1cccc(N2CCN(CCCOc3ccc([N+](=O)[O-])cc3/C=C/c3ccccc3Br)CC2)c1.Cl.Cl. The number of hydrogen-bond acceptors (Lipinski definition) is 5. The van der Waals surface area contributed by atoms with Crippen LogP contribution in [0.15, 0.2) is 71.2 Å². The molecule has 9 heteroatoms. The van der Waals surface area contributed by atoms with Gasteiger partial charge >= 0.3 is 0 Å². The van der Waals surface area contributed by atoms with Gasteiger partial charge in [0.05, 0.1) is 11.5 Å². The second-order valence-corrected chi connectivity index (χ2v) is 9.56. The van der Waals surface area contributed by atoms with Crippen LogP contribution in [0.5, 0.6) is 5.75 Å². The Morgan fingerprint density at radius 1 is 0.946 bits per heavy atom. The summed E-state index contributed by atoms with van der Waals surface area (Å²) in [5.41, 5.74) is 4.33. The van der Waals surface area contributed by atoms with Crippen molar-refractivity contribution in [1.82, 2.24) is 4.90 Å². The maximum atomic E-state index is 11.3. The zero-order chi connectivity index (χ0) is 24.6. The monoisotopic (exact) mass is 607 g/mol. The third kappa shape index (κ3) is 8.75. The summed E-state index contributed by atoms with van der Waals surface area (Å²) in [5.74, 6) is 0.656. The third-order valence-electron chi connectivity index (χ3n) is 6.17. The van der Waals surface area contributed by atoms with Crippen molar-refractivity contribution in [1.29, 1.82) is 0 Å². The number of rotatable bonds is 9. The van der Waals surface area contributed by atoms with Crippen LogP contribution in [0.4, 0.5) is 11.4 Å². The molecule has 3 aromatic rings. The number of nitrogens with zero attached hydrogens (tertiary/aromatic N) is 3. The molecule has 1 aliphatic rings. The van der Waals surface area contributed by atoms with Gasteiger partial charge < -0.3 is 9.64 Å². The maximum absolute atomic E-state index is 11.3. The zero-order valence-electron chi connectivity index (χ0n) is 20.7. The van der Waals surface area contributed by atoms with Crippen molar-refractivity contribution in [3.05, 3.63) is 98.0 Å². The molecule has 0 unspecified atom stereocenters. The van der Waals surface area contributed by atoms with Crippen LogP contribution in [0.25, 0.3) is 12.2 Å². The molecule has 0 N–H and O–H groups in total. The highest BCUT2D eigenvalue weighted by atomic mass is 79.9.